The van der Waals surface area contributed by atoms with Crippen LogP contribution in [0.25, 0.3) is 6.08 Å². The van der Waals surface area contributed by atoms with Crippen LogP contribution in [0.5, 0.6) is 0 Å². The fourth-order valence-corrected chi connectivity index (χ4v) is 2.99. The normalized spacial score (nSPS) is 21.9. The van der Waals surface area contributed by atoms with Gasteiger partial charge in [-0.1, -0.05) is 66.7 Å². The molecule has 0 spiro atoms. The lowest BCUT2D eigenvalue weighted by Crippen LogP contribution is -2.19. The standard InChI is InChI=1S/C19H20O/c20-19-17(11-6-9-15-7-2-1-3-8-15)14-13-16-10-4-5-12-18(16)19/h1-10,12,17,19-20H,11,13-14H2. The van der Waals surface area contributed by atoms with Gasteiger partial charge in [0.25, 0.3) is 0 Å². The highest BCUT2D eigenvalue weighted by Gasteiger charge is 2.26. The molecule has 1 aliphatic rings. The van der Waals surface area contributed by atoms with Crippen molar-refractivity contribution in [3.8, 4) is 0 Å². The quantitative estimate of drug-likeness (QED) is 0.872. The van der Waals surface area contributed by atoms with E-state index in [0.717, 1.165) is 24.8 Å². The van der Waals surface area contributed by atoms with E-state index in [1.54, 1.807) is 0 Å². The van der Waals surface area contributed by atoms with Crippen molar-refractivity contribution < 1.29 is 5.11 Å². The lowest BCUT2D eigenvalue weighted by atomic mass is 9.80. The number of benzene rings is 2. The van der Waals surface area contributed by atoms with Gasteiger partial charge in [-0.2, -0.15) is 0 Å². The third-order valence-electron chi connectivity index (χ3n) is 4.15. The summed E-state index contributed by atoms with van der Waals surface area (Å²) in [5.74, 6) is 0.338. The van der Waals surface area contributed by atoms with Crippen molar-refractivity contribution in [1.82, 2.24) is 0 Å². The van der Waals surface area contributed by atoms with Gasteiger partial charge in [0.1, 0.15) is 0 Å². The third-order valence-corrected chi connectivity index (χ3v) is 4.15. The predicted octanol–water partition coefficient (Wildman–Crippen LogP) is 4.39. The van der Waals surface area contributed by atoms with Gasteiger partial charge in [-0.05, 0) is 41.9 Å². The van der Waals surface area contributed by atoms with E-state index in [0.29, 0.717) is 5.92 Å². The zero-order valence-corrected chi connectivity index (χ0v) is 11.6. The van der Waals surface area contributed by atoms with Crippen molar-refractivity contribution in [1.29, 1.82) is 0 Å². The maximum absolute atomic E-state index is 10.5. The molecule has 1 nitrogen and oxygen atoms in total. The topological polar surface area (TPSA) is 20.2 Å². The molecule has 0 fully saturated rings. The van der Waals surface area contributed by atoms with Crippen LogP contribution in [-0.4, -0.2) is 5.11 Å². The van der Waals surface area contributed by atoms with Crippen LogP contribution in [0.3, 0.4) is 0 Å². The summed E-state index contributed by atoms with van der Waals surface area (Å²) in [6.45, 7) is 0. The van der Waals surface area contributed by atoms with Gasteiger partial charge in [0, 0.05) is 0 Å². The van der Waals surface area contributed by atoms with E-state index in [1.165, 1.54) is 11.1 Å². The minimum Gasteiger partial charge on any atom is -0.388 e. The lowest BCUT2D eigenvalue weighted by molar-refractivity contribution is 0.0952. The molecule has 2 aromatic rings. The Kier molecular flexibility index (Phi) is 3.98. The van der Waals surface area contributed by atoms with E-state index < -0.39 is 0 Å². The van der Waals surface area contributed by atoms with Gasteiger partial charge in [0.2, 0.25) is 0 Å². The van der Waals surface area contributed by atoms with E-state index in [4.69, 9.17) is 0 Å². The second kappa shape index (κ2) is 6.06. The van der Waals surface area contributed by atoms with Gasteiger partial charge in [-0.25, -0.2) is 0 Å². The molecular formula is C19H20O. The maximum atomic E-state index is 10.5. The van der Waals surface area contributed by atoms with Crippen LogP contribution in [0.4, 0.5) is 0 Å². The van der Waals surface area contributed by atoms with Crippen molar-refractivity contribution in [3.05, 3.63) is 77.4 Å². The highest BCUT2D eigenvalue weighted by Crippen LogP contribution is 2.36. The zero-order valence-electron chi connectivity index (χ0n) is 11.6. The van der Waals surface area contributed by atoms with Crippen molar-refractivity contribution in [3.63, 3.8) is 0 Å². The Bertz CT molecular complexity index is 586. The summed E-state index contributed by atoms with van der Waals surface area (Å²) in [7, 11) is 0. The Labute approximate surface area is 120 Å². The molecule has 0 heterocycles. The molecule has 3 rings (SSSR count). The fourth-order valence-electron chi connectivity index (χ4n) is 2.99. The number of hydrogen-bond acceptors (Lipinski definition) is 1. The summed E-state index contributed by atoms with van der Waals surface area (Å²) in [6, 6.07) is 18.6. The van der Waals surface area contributed by atoms with Gasteiger partial charge in [-0.15, -0.1) is 0 Å². The number of fused-ring (bicyclic) bond motifs is 1. The Morgan fingerprint density at radius 1 is 1.00 bits per heavy atom. The van der Waals surface area contributed by atoms with Crippen LogP contribution in [-0.2, 0) is 6.42 Å². The largest absolute Gasteiger partial charge is 0.388 e. The SMILES string of the molecule is OC1c2ccccc2CCC1CC=Cc1ccccc1. The smallest absolute Gasteiger partial charge is 0.0823 e. The first kappa shape index (κ1) is 13.1. The first-order chi connectivity index (χ1) is 9.84. The molecule has 1 aliphatic carbocycles. The first-order valence-corrected chi connectivity index (χ1v) is 7.32. The number of aryl methyl sites for hydroxylation is 1. The van der Waals surface area contributed by atoms with Crippen molar-refractivity contribution in [2.45, 2.75) is 25.4 Å². The first-order valence-electron chi connectivity index (χ1n) is 7.32. The maximum Gasteiger partial charge on any atom is 0.0823 e. The Morgan fingerprint density at radius 3 is 2.60 bits per heavy atom. The van der Waals surface area contributed by atoms with Gasteiger partial charge in [-0.3, -0.25) is 0 Å². The Balaban J connectivity index is 1.66. The van der Waals surface area contributed by atoms with Crippen LogP contribution in [0.1, 0.15) is 35.6 Å². The van der Waals surface area contributed by atoms with E-state index in [-0.39, 0.29) is 6.10 Å². The van der Waals surface area contributed by atoms with E-state index >= 15 is 0 Å². The molecule has 0 radical (unpaired) electrons. The molecule has 0 aliphatic heterocycles. The number of hydrogen-bond donors (Lipinski definition) is 1. The van der Waals surface area contributed by atoms with E-state index in [2.05, 4.69) is 42.5 Å². The molecule has 0 amide bonds. The van der Waals surface area contributed by atoms with Gasteiger partial charge in [0.15, 0.2) is 0 Å². The molecule has 20 heavy (non-hydrogen) atoms. The predicted molar refractivity (Wildman–Crippen MR) is 83.3 cm³/mol. The molecule has 2 atom stereocenters. The molecule has 0 aromatic heterocycles. The van der Waals surface area contributed by atoms with Crippen molar-refractivity contribution >= 4 is 6.08 Å². The Hall–Kier alpha value is -1.86. The number of rotatable bonds is 3. The monoisotopic (exact) mass is 264 g/mol. The Morgan fingerprint density at radius 2 is 1.75 bits per heavy atom. The van der Waals surface area contributed by atoms with Gasteiger partial charge < -0.3 is 5.11 Å². The summed E-state index contributed by atoms with van der Waals surface area (Å²) >= 11 is 0. The third kappa shape index (κ3) is 2.83. The number of aliphatic hydroxyl groups excluding tert-OH is 1. The van der Waals surface area contributed by atoms with Crippen LogP contribution in [0, 0.1) is 5.92 Å². The van der Waals surface area contributed by atoms with Crippen molar-refractivity contribution in [2.24, 2.45) is 5.92 Å². The highest BCUT2D eigenvalue weighted by atomic mass is 16.3. The molecule has 0 saturated carbocycles. The van der Waals surface area contributed by atoms with Crippen LogP contribution >= 0.6 is 0 Å². The lowest BCUT2D eigenvalue weighted by Gasteiger charge is -2.29. The van der Waals surface area contributed by atoms with Crippen LogP contribution < -0.4 is 0 Å². The average Bonchev–Trinajstić information content (AvgIpc) is 2.51. The number of aliphatic hydroxyl groups is 1. The highest BCUT2D eigenvalue weighted by molar-refractivity contribution is 5.48. The molecule has 2 unspecified atom stereocenters. The minimum absolute atomic E-state index is 0.319. The van der Waals surface area contributed by atoms with Crippen molar-refractivity contribution in [2.75, 3.05) is 0 Å². The fraction of sp³-hybridized carbons (Fsp3) is 0.263. The summed E-state index contributed by atoms with van der Waals surface area (Å²) in [6.07, 6.45) is 7.10. The molecular weight excluding hydrogens is 244 g/mol. The molecule has 0 bridgehead atoms. The molecule has 1 heteroatoms. The zero-order chi connectivity index (χ0) is 13.8. The minimum atomic E-state index is -0.319. The van der Waals surface area contributed by atoms with Crippen LogP contribution in [0.15, 0.2) is 60.7 Å². The van der Waals surface area contributed by atoms with E-state index in [1.807, 2.05) is 24.3 Å². The summed E-state index contributed by atoms with van der Waals surface area (Å²) < 4.78 is 0. The second-order valence-corrected chi connectivity index (χ2v) is 5.49. The second-order valence-electron chi connectivity index (χ2n) is 5.49. The summed E-state index contributed by atoms with van der Waals surface area (Å²) in [5, 5.41) is 10.5. The molecule has 102 valence electrons. The summed E-state index contributed by atoms with van der Waals surface area (Å²) in [5.41, 5.74) is 3.65. The average molecular weight is 264 g/mol. The summed E-state index contributed by atoms with van der Waals surface area (Å²) in [4.78, 5) is 0. The van der Waals surface area contributed by atoms with Gasteiger partial charge >= 0.3 is 0 Å². The molecule has 1 N–H and O–H groups in total. The van der Waals surface area contributed by atoms with Crippen LogP contribution in [0.2, 0.25) is 0 Å². The van der Waals surface area contributed by atoms with E-state index in [9.17, 15) is 5.11 Å². The molecule has 0 saturated heterocycles. The number of allylic oxidation sites excluding steroid dienone is 1. The molecule has 2 aromatic carbocycles. The van der Waals surface area contributed by atoms with Gasteiger partial charge in [0.05, 0.1) is 6.10 Å².